The normalized spacial score (nSPS) is 7.62. The number of hydrogen-bond donors (Lipinski definition) is 2. The van der Waals surface area contributed by atoms with E-state index in [4.69, 9.17) is 10.2 Å². The van der Waals surface area contributed by atoms with E-state index < -0.39 is 0 Å². The van der Waals surface area contributed by atoms with Crippen molar-refractivity contribution in [3.8, 4) is 11.5 Å². The SMILES string of the molecule is C=Cc1cccc(O)c1.C=Cc1cccc(O)c1.[Cl-].[Cl-].[Zr+2]. The van der Waals surface area contributed by atoms with Crippen LogP contribution in [0.2, 0.25) is 0 Å². The Kier molecular flexibility index (Phi) is 16.6. The maximum absolute atomic E-state index is 8.90. The molecule has 2 aromatic rings. The van der Waals surface area contributed by atoms with Crippen molar-refractivity contribution in [2.45, 2.75) is 0 Å². The van der Waals surface area contributed by atoms with Gasteiger partial charge in [0, 0.05) is 0 Å². The minimum atomic E-state index is 0. The predicted molar refractivity (Wildman–Crippen MR) is 76.4 cm³/mol. The third kappa shape index (κ3) is 10.4. The Morgan fingerprint density at radius 2 is 1.05 bits per heavy atom. The van der Waals surface area contributed by atoms with Gasteiger partial charge in [-0.15, -0.1) is 0 Å². The zero-order chi connectivity index (χ0) is 13.4. The zero-order valence-electron chi connectivity index (χ0n) is 11.3. The molecule has 2 aromatic carbocycles. The Bertz CT molecular complexity index is 496. The number of halogens is 2. The van der Waals surface area contributed by atoms with Crippen LogP contribution in [0.1, 0.15) is 11.1 Å². The summed E-state index contributed by atoms with van der Waals surface area (Å²) in [5.41, 5.74) is 1.88. The first kappa shape index (κ1) is 25.0. The molecule has 0 aromatic heterocycles. The predicted octanol–water partition coefficient (Wildman–Crippen LogP) is -1.92. The summed E-state index contributed by atoms with van der Waals surface area (Å²) in [4.78, 5) is 0. The molecule has 0 heterocycles. The van der Waals surface area contributed by atoms with Crippen LogP contribution in [0.4, 0.5) is 0 Å². The molecule has 2 nitrogen and oxygen atoms in total. The summed E-state index contributed by atoms with van der Waals surface area (Å²) in [6, 6.07) is 13.9. The van der Waals surface area contributed by atoms with Gasteiger partial charge in [0.05, 0.1) is 0 Å². The number of rotatable bonds is 2. The Labute approximate surface area is 157 Å². The maximum Gasteiger partial charge on any atom is 2.00 e. The molecule has 0 aliphatic heterocycles. The van der Waals surface area contributed by atoms with Gasteiger partial charge in [0.15, 0.2) is 0 Å². The minimum absolute atomic E-state index is 0. The summed E-state index contributed by atoms with van der Waals surface area (Å²) >= 11 is 0. The van der Waals surface area contributed by atoms with Gasteiger partial charge in [0.2, 0.25) is 0 Å². The van der Waals surface area contributed by atoms with E-state index in [1.165, 1.54) is 0 Å². The topological polar surface area (TPSA) is 40.5 Å². The smallest absolute Gasteiger partial charge is 1.00 e. The van der Waals surface area contributed by atoms with Crippen LogP contribution in [0, 0.1) is 0 Å². The van der Waals surface area contributed by atoms with Crippen molar-refractivity contribution in [3.05, 3.63) is 72.8 Å². The molecule has 2 rings (SSSR count). The fraction of sp³-hybridized carbons (Fsp3) is 0. The molecular weight excluding hydrogens is 386 g/mol. The number of hydrogen-bond acceptors (Lipinski definition) is 2. The van der Waals surface area contributed by atoms with Crippen molar-refractivity contribution < 1.29 is 61.2 Å². The van der Waals surface area contributed by atoms with Crippen LogP contribution < -0.4 is 24.8 Å². The van der Waals surface area contributed by atoms with E-state index >= 15 is 0 Å². The van der Waals surface area contributed by atoms with Crippen LogP contribution >= 0.6 is 0 Å². The van der Waals surface area contributed by atoms with Gasteiger partial charge < -0.3 is 35.0 Å². The van der Waals surface area contributed by atoms with Crippen molar-refractivity contribution in [1.82, 2.24) is 0 Å². The maximum atomic E-state index is 8.90. The average Bonchev–Trinajstić information content (AvgIpc) is 2.39. The van der Waals surface area contributed by atoms with Crippen LogP contribution in [0.3, 0.4) is 0 Å². The molecule has 5 heteroatoms. The van der Waals surface area contributed by atoms with Gasteiger partial charge in [-0.25, -0.2) is 0 Å². The fourth-order valence-electron chi connectivity index (χ4n) is 1.30. The monoisotopic (exact) mass is 400 g/mol. The van der Waals surface area contributed by atoms with Crippen molar-refractivity contribution >= 4 is 12.2 Å². The quantitative estimate of drug-likeness (QED) is 0.615. The van der Waals surface area contributed by atoms with Crippen molar-refractivity contribution in [3.63, 3.8) is 0 Å². The molecular formula is C16H16Cl2O2Zr. The van der Waals surface area contributed by atoms with Crippen LogP contribution in [-0.4, -0.2) is 10.2 Å². The van der Waals surface area contributed by atoms with E-state index in [2.05, 4.69) is 13.2 Å². The van der Waals surface area contributed by atoms with Gasteiger partial charge in [-0.05, 0) is 35.4 Å². The van der Waals surface area contributed by atoms with E-state index in [9.17, 15) is 0 Å². The molecule has 110 valence electrons. The van der Waals surface area contributed by atoms with Crippen LogP contribution in [0.5, 0.6) is 11.5 Å². The van der Waals surface area contributed by atoms with E-state index in [-0.39, 0.29) is 62.5 Å². The van der Waals surface area contributed by atoms with Gasteiger partial charge >= 0.3 is 26.2 Å². The van der Waals surface area contributed by atoms with Crippen molar-refractivity contribution in [1.29, 1.82) is 0 Å². The van der Waals surface area contributed by atoms with Crippen molar-refractivity contribution in [2.24, 2.45) is 0 Å². The fourth-order valence-corrected chi connectivity index (χ4v) is 1.30. The Morgan fingerprint density at radius 3 is 1.24 bits per heavy atom. The van der Waals surface area contributed by atoms with E-state index in [1.54, 1.807) is 48.6 Å². The van der Waals surface area contributed by atoms with Crippen molar-refractivity contribution in [2.75, 3.05) is 0 Å². The minimum Gasteiger partial charge on any atom is -1.00 e. The van der Waals surface area contributed by atoms with Gasteiger partial charge in [0.25, 0.3) is 0 Å². The Balaban J connectivity index is -0.000000270. The summed E-state index contributed by atoms with van der Waals surface area (Å²) in [5, 5.41) is 17.8. The second kappa shape index (κ2) is 13.9. The second-order valence-electron chi connectivity index (χ2n) is 3.60. The summed E-state index contributed by atoms with van der Waals surface area (Å²) in [6.45, 7) is 7.12. The first-order valence-corrected chi connectivity index (χ1v) is 5.48. The summed E-state index contributed by atoms with van der Waals surface area (Å²) in [7, 11) is 0. The molecule has 0 aliphatic carbocycles. The Morgan fingerprint density at radius 1 is 0.714 bits per heavy atom. The van der Waals surface area contributed by atoms with Crippen LogP contribution in [0.15, 0.2) is 61.7 Å². The third-order valence-electron chi connectivity index (χ3n) is 2.21. The van der Waals surface area contributed by atoms with Crippen LogP contribution in [0.25, 0.3) is 12.2 Å². The van der Waals surface area contributed by atoms with Gasteiger partial charge in [-0.3, -0.25) is 0 Å². The van der Waals surface area contributed by atoms with Gasteiger partial charge in [-0.1, -0.05) is 49.6 Å². The molecule has 0 atom stereocenters. The standard InChI is InChI=1S/2C8H8O.2ClH.Zr/c2*1-2-7-4-3-5-8(9)6-7;;;/h2*2-6,9H,1H2;2*1H;/q;;;;+2/p-2. The van der Waals surface area contributed by atoms with Gasteiger partial charge in [-0.2, -0.15) is 0 Å². The van der Waals surface area contributed by atoms with E-state index in [0.29, 0.717) is 0 Å². The summed E-state index contributed by atoms with van der Waals surface area (Å²) in [5.74, 6) is 0.569. The number of phenolic OH excluding ortho intramolecular Hbond substituents is 2. The molecule has 0 bridgehead atoms. The molecule has 0 aliphatic rings. The molecule has 0 amide bonds. The number of benzene rings is 2. The molecule has 0 saturated heterocycles. The molecule has 0 unspecified atom stereocenters. The van der Waals surface area contributed by atoms with E-state index in [0.717, 1.165) is 11.1 Å². The third-order valence-corrected chi connectivity index (χ3v) is 2.21. The summed E-state index contributed by atoms with van der Waals surface area (Å²) < 4.78 is 0. The average molecular weight is 402 g/mol. The molecule has 0 radical (unpaired) electrons. The largest absolute Gasteiger partial charge is 2.00 e. The molecule has 0 saturated carbocycles. The number of aromatic hydroxyl groups is 2. The first-order chi connectivity index (χ1) is 8.65. The summed E-state index contributed by atoms with van der Waals surface area (Å²) in [6.07, 6.45) is 3.39. The van der Waals surface area contributed by atoms with Crippen LogP contribution in [-0.2, 0) is 26.2 Å². The molecule has 2 N–H and O–H groups in total. The molecule has 21 heavy (non-hydrogen) atoms. The number of phenols is 2. The molecule has 0 spiro atoms. The zero-order valence-corrected chi connectivity index (χ0v) is 15.3. The first-order valence-electron chi connectivity index (χ1n) is 5.48. The Hall–Kier alpha value is -1.02. The van der Waals surface area contributed by atoms with Gasteiger partial charge in [0.1, 0.15) is 11.5 Å². The van der Waals surface area contributed by atoms with E-state index in [1.807, 2.05) is 12.1 Å². The molecule has 0 fully saturated rings. The second-order valence-corrected chi connectivity index (χ2v) is 3.60.